The Bertz CT molecular complexity index is 458. The summed E-state index contributed by atoms with van der Waals surface area (Å²) in [5, 5.41) is -0.599. The first-order valence-electron chi connectivity index (χ1n) is 6.37. The molecule has 0 aromatic heterocycles. The molecule has 1 atom stereocenters. The molecular formula is C15H18ClNO2. The molecule has 1 aliphatic rings. The van der Waals surface area contributed by atoms with E-state index in [-0.39, 0.29) is 5.91 Å². The first kappa shape index (κ1) is 14.1. The van der Waals surface area contributed by atoms with E-state index in [0.29, 0.717) is 19.7 Å². The van der Waals surface area contributed by atoms with Gasteiger partial charge in [0.05, 0.1) is 6.61 Å². The SMILES string of the molecule is COCC1=CCN(C(=O)C(Cl)c2ccccc2)CC1. The smallest absolute Gasteiger partial charge is 0.245 e. The number of ether oxygens (including phenoxy) is 1. The fraction of sp³-hybridized carbons (Fsp3) is 0.400. The molecule has 1 unspecified atom stereocenters. The molecule has 0 bridgehead atoms. The molecule has 0 saturated carbocycles. The Morgan fingerprint density at radius 1 is 1.42 bits per heavy atom. The number of hydrogen-bond acceptors (Lipinski definition) is 2. The summed E-state index contributed by atoms with van der Waals surface area (Å²) in [6.07, 6.45) is 2.91. The van der Waals surface area contributed by atoms with Gasteiger partial charge < -0.3 is 9.64 Å². The van der Waals surface area contributed by atoms with Gasteiger partial charge in [-0.05, 0) is 17.6 Å². The first-order chi connectivity index (χ1) is 9.22. The van der Waals surface area contributed by atoms with Gasteiger partial charge in [0.1, 0.15) is 5.38 Å². The van der Waals surface area contributed by atoms with Crippen LogP contribution in [0.1, 0.15) is 17.4 Å². The number of carbonyl (C=O) groups excluding carboxylic acids is 1. The van der Waals surface area contributed by atoms with Crippen LogP contribution in [0.2, 0.25) is 0 Å². The van der Waals surface area contributed by atoms with E-state index in [4.69, 9.17) is 16.3 Å². The number of benzene rings is 1. The zero-order valence-electron chi connectivity index (χ0n) is 11.0. The van der Waals surface area contributed by atoms with E-state index < -0.39 is 5.38 Å². The zero-order valence-corrected chi connectivity index (χ0v) is 11.8. The highest BCUT2D eigenvalue weighted by atomic mass is 35.5. The highest BCUT2D eigenvalue weighted by Crippen LogP contribution is 2.24. The van der Waals surface area contributed by atoms with Crippen LogP contribution in [0.3, 0.4) is 0 Å². The van der Waals surface area contributed by atoms with Gasteiger partial charge in [0, 0.05) is 20.2 Å². The Kier molecular flexibility index (Phi) is 5.00. The van der Waals surface area contributed by atoms with Crippen molar-refractivity contribution in [1.82, 2.24) is 4.90 Å². The third kappa shape index (κ3) is 3.58. The molecule has 1 aromatic rings. The second kappa shape index (κ2) is 6.73. The van der Waals surface area contributed by atoms with Crippen LogP contribution in [-0.4, -0.2) is 37.6 Å². The van der Waals surface area contributed by atoms with Crippen LogP contribution in [0.4, 0.5) is 0 Å². The maximum atomic E-state index is 12.3. The van der Waals surface area contributed by atoms with Gasteiger partial charge in [-0.25, -0.2) is 0 Å². The largest absolute Gasteiger partial charge is 0.380 e. The number of nitrogens with zero attached hydrogens (tertiary/aromatic N) is 1. The highest BCUT2D eigenvalue weighted by molar-refractivity contribution is 6.30. The van der Waals surface area contributed by atoms with Crippen molar-refractivity contribution < 1.29 is 9.53 Å². The Hall–Kier alpha value is -1.32. The Morgan fingerprint density at radius 3 is 2.74 bits per heavy atom. The van der Waals surface area contributed by atoms with Gasteiger partial charge in [0.2, 0.25) is 5.91 Å². The molecule has 1 aromatic carbocycles. The van der Waals surface area contributed by atoms with Crippen LogP contribution in [0.5, 0.6) is 0 Å². The quantitative estimate of drug-likeness (QED) is 0.626. The van der Waals surface area contributed by atoms with Crippen molar-refractivity contribution >= 4 is 17.5 Å². The summed E-state index contributed by atoms with van der Waals surface area (Å²) in [6, 6.07) is 9.46. The fourth-order valence-corrected chi connectivity index (χ4v) is 2.44. The molecule has 0 fully saturated rings. The van der Waals surface area contributed by atoms with Crippen molar-refractivity contribution in [3.8, 4) is 0 Å². The predicted molar refractivity (Wildman–Crippen MR) is 76.2 cm³/mol. The maximum Gasteiger partial charge on any atom is 0.245 e. The summed E-state index contributed by atoms with van der Waals surface area (Å²) in [6.45, 7) is 1.97. The molecule has 0 radical (unpaired) electrons. The van der Waals surface area contributed by atoms with E-state index in [1.54, 1.807) is 12.0 Å². The van der Waals surface area contributed by atoms with E-state index in [0.717, 1.165) is 12.0 Å². The third-order valence-electron chi connectivity index (χ3n) is 3.25. The van der Waals surface area contributed by atoms with Crippen LogP contribution < -0.4 is 0 Å². The normalized spacial score (nSPS) is 16.9. The number of hydrogen-bond donors (Lipinski definition) is 0. The lowest BCUT2D eigenvalue weighted by Gasteiger charge is -2.28. The van der Waals surface area contributed by atoms with Crippen LogP contribution in [0.25, 0.3) is 0 Å². The molecule has 0 N–H and O–H groups in total. The van der Waals surface area contributed by atoms with Crippen molar-refractivity contribution in [2.24, 2.45) is 0 Å². The van der Waals surface area contributed by atoms with E-state index in [2.05, 4.69) is 6.08 Å². The minimum atomic E-state index is -0.599. The summed E-state index contributed by atoms with van der Waals surface area (Å²) in [4.78, 5) is 14.1. The molecule has 1 amide bonds. The van der Waals surface area contributed by atoms with E-state index in [1.165, 1.54) is 5.57 Å². The average Bonchev–Trinajstić information content (AvgIpc) is 2.48. The Balaban J connectivity index is 1.98. The number of amides is 1. The number of alkyl halides is 1. The van der Waals surface area contributed by atoms with Crippen LogP contribution >= 0.6 is 11.6 Å². The molecular weight excluding hydrogens is 262 g/mol. The Morgan fingerprint density at radius 2 is 2.16 bits per heavy atom. The minimum absolute atomic E-state index is 0.0272. The van der Waals surface area contributed by atoms with Crippen molar-refractivity contribution in [3.05, 3.63) is 47.5 Å². The van der Waals surface area contributed by atoms with Crippen LogP contribution in [0.15, 0.2) is 42.0 Å². The minimum Gasteiger partial charge on any atom is -0.380 e. The summed E-state index contributed by atoms with van der Waals surface area (Å²) in [5.74, 6) is -0.0272. The lowest BCUT2D eigenvalue weighted by Crippen LogP contribution is -2.37. The Labute approximate surface area is 118 Å². The molecule has 102 valence electrons. The fourth-order valence-electron chi connectivity index (χ4n) is 2.15. The molecule has 0 aliphatic carbocycles. The van der Waals surface area contributed by atoms with Gasteiger partial charge in [-0.1, -0.05) is 36.4 Å². The zero-order chi connectivity index (χ0) is 13.7. The van der Waals surface area contributed by atoms with Gasteiger partial charge in [-0.3, -0.25) is 4.79 Å². The number of rotatable bonds is 4. The molecule has 19 heavy (non-hydrogen) atoms. The van der Waals surface area contributed by atoms with Crippen molar-refractivity contribution in [1.29, 1.82) is 0 Å². The second-order valence-corrected chi connectivity index (χ2v) is 5.04. The monoisotopic (exact) mass is 279 g/mol. The average molecular weight is 280 g/mol. The first-order valence-corrected chi connectivity index (χ1v) is 6.80. The van der Waals surface area contributed by atoms with E-state index in [1.807, 2.05) is 30.3 Å². The standard InChI is InChI=1S/C15H18ClNO2/c1-19-11-12-7-9-17(10-8-12)15(18)14(16)13-5-3-2-4-6-13/h2-7,14H,8-11H2,1H3. The molecule has 3 nitrogen and oxygen atoms in total. The predicted octanol–water partition coefficient (Wildman–Crippen LogP) is 2.77. The molecule has 1 heterocycles. The summed E-state index contributed by atoms with van der Waals surface area (Å²) in [7, 11) is 1.68. The topological polar surface area (TPSA) is 29.5 Å². The number of carbonyl (C=O) groups is 1. The molecule has 0 saturated heterocycles. The van der Waals surface area contributed by atoms with Gasteiger partial charge >= 0.3 is 0 Å². The second-order valence-electron chi connectivity index (χ2n) is 4.60. The number of methoxy groups -OCH3 is 1. The summed E-state index contributed by atoms with van der Waals surface area (Å²) in [5.41, 5.74) is 2.10. The summed E-state index contributed by atoms with van der Waals surface area (Å²) >= 11 is 6.25. The van der Waals surface area contributed by atoms with Crippen molar-refractivity contribution in [2.45, 2.75) is 11.8 Å². The molecule has 2 rings (SSSR count). The van der Waals surface area contributed by atoms with Gasteiger partial charge in [-0.15, -0.1) is 11.6 Å². The van der Waals surface area contributed by atoms with E-state index >= 15 is 0 Å². The maximum absolute atomic E-state index is 12.3. The molecule has 0 spiro atoms. The lowest BCUT2D eigenvalue weighted by atomic mass is 10.1. The molecule has 4 heteroatoms. The van der Waals surface area contributed by atoms with Crippen LogP contribution in [-0.2, 0) is 9.53 Å². The lowest BCUT2D eigenvalue weighted by molar-refractivity contribution is -0.130. The number of halogens is 1. The van der Waals surface area contributed by atoms with Crippen LogP contribution in [0, 0.1) is 0 Å². The van der Waals surface area contributed by atoms with Crippen molar-refractivity contribution in [2.75, 3.05) is 26.8 Å². The van der Waals surface area contributed by atoms with Crippen molar-refractivity contribution in [3.63, 3.8) is 0 Å². The highest BCUT2D eigenvalue weighted by Gasteiger charge is 2.24. The van der Waals surface area contributed by atoms with Gasteiger partial charge in [0.15, 0.2) is 0 Å². The van der Waals surface area contributed by atoms with Gasteiger partial charge in [-0.2, -0.15) is 0 Å². The van der Waals surface area contributed by atoms with Gasteiger partial charge in [0.25, 0.3) is 0 Å². The van der Waals surface area contributed by atoms with E-state index in [9.17, 15) is 4.79 Å². The third-order valence-corrected chi connectivity index (χ3v) is 3.69. The molecule has 1 aliphatic heterocycles. The summed E-state index contributed by atoms with van der Waals surface area (Å²) < 4.78 is 5.10.